The largest absolute Gasteiger partial charge is 0.478 e. The molecule has 1 heterocycles. The molecule has 1 aliphatic rings. The fraction of sp³-hybridized carbons (Fsp3) is 0. The van der Waals surface area contributed by atoms with Crippen LogP contribution in [0.1, 0.15) is 21.5 Å². The minimum Gasteiger partial charge on any atom is -0.478 e. The second-order valence-electron chi connectivity index (χ2n) is 4.90. The summed E-state index contributed by atoms with van der Waals surface area (Å²) in [6.07, 6.45) is 1.46. The van der Waals surface area contributed by atoms with E-state index in [2.05, 4.69) is 4.99 Å². The number of cyclic esters (lactones) is 1. The lowest BCUT2D eigenvalue weighted by atomic mass is 10.1. The van der Waals surface area contributed by atoms with Crippen molar-refractivity contribution in [1.29, 1.82) is 0 Å². The second-order valence-corrected chi connectivity index (χ2v) is 5.71. The Bertz CT molecular complexity index is 919. The fourth-order valence-corrected chi connectivity index (χ4v) is 2.38. The van der Waals surface area contributed by atoms with Crippen LogP contribution in [0.15, 0.2) is 53.2 Å². The predicted octanol–water partition coefficient (Wildman–Crippen LogP) is 4.04. The standard InChI is InChI=1S/C17H9Cl2NO4/c18-12-5-4-10(8-13(12)19)15-20-14(17(23)24-15)7-9-2-1-3-11(6-9)16(21)22/h1-8H,(H,21,22)/b14-7+. The van der Waals surface area contributed by atoms with Gasteiger partial charge in [-0.3, -0.25) is 0 Å². The Hall–Kier alpha value is -2.63. The summed E-state index contributed by atoms with van der Waals surface area (Å²) in [7, 11) is 0. The molecule has 1 aliphatic heterocycles. The smallest absolute Gasteiger partial charge is 0.363 e. The fourth-order valence-electron chi connectivity index (χ4n) is 2.08. The van der Waals surface area contributed by atoms with E-state index >= 15 is 0 Å². The van der Waals surface area contributed by atoms with Gasteiger partial charge in [0, 0.05) is 5.56 Å². The number of hydrogen-bond donors (Lipinski definition) is 1. The highest BCUT2D eigenvalue weighted by molar-refractivity contribution is 6.42. The van der Waals surface area contributed by atoms with Crippen LogP contribution in [0.2, 0.25) is 10.0 Å². The summed E-state index contributed by atoms with van der Waals surface area (Å²) < 4.78 is 5.13. The number of aromatic carboxylic acids is 1. The van der Waals surface area contributed by atoms with Crippen LogP contribution < -0.4 is 0 Å². The van der Waals surface area contributed by atoms with Crippen molar-refractivity contribution in [3.63, 3.8) is 0 Å². The number of halogens is 2. The molecule has 2 aromatic rings. The van der Waals surface area contributed by atoms with Gasteiger partial charge in [-0.1, -0.05) is 35.3 Å². The van der Waals surface area contributed by atoms with E-state index in [4.69, 9.17) is 33.0 Å². The first-order valence-electron chi connectivity index (χ1n) is 6.75. The van der Waals surface area contributed by atoms with E-state index in [0.717, 1.165) is 0 Å². The number of carboxylic acid groups (broad SMARTS) is 1. The molecular formula is C17H9Cl2NO4. The van der Waals surface area contributed by atoms with Crippen molar-refractivity contribution in [2.75, 3.05) is 0 Å². The van der Waals surface area contributed by atoms with Crippen molar-refractivity contribution in [2.24, 2.45) is 4.99 Å². The van der Waals surface area contributed by atoms with Crippen molar-refractivity contribution >= 4 is 47.1 Å². The first-order valence-corrected chi connectivity index (χ1v) is 7.51. The van der Waals surface area contributed by atoms with E-state index in [1.807, 2.05) is 0 Å². The van der Waals surface area contributed by atoms with E-state index in [0.29, 0.717) is 21.2 Å². The molecule has 0 fully saturated rings. The first kappa shape index (κ1) is 16.2. The van der Waals surface area contributed by atoms with Crippen LogP contribution in [-0.2, 0) is 9.53 Å². The average Bonchev–Trinajstić information content (AvgIpc) is 2.91. The zero-order chi connectivity index (χ0) is 17.3. The van der Waals surface area contributed by atoms with Gasteiger partial charge in [0.2, 0.25) is 5.90 Å². The van der Waals surface area contributed by atoms with Gasteiger partial charge in [0.15, 0.2) is 5.70 Å². The van der Waals surface area contributed by atoms with Gasteiger partial charge >= 0.3 is 11.9 Å². The molecule has 1 N–H and O–H groups in total. The van der Waals surface area contributed by atoms with Crippen LogP contribution >= 0.6 is 23.2 Å². The third kappa shape index (κ3) is 3.32. The van der Waals surface area contributed by atoms with Crippen LogP contribution in [0.5, 0.6) is 0 Å². The Kier molecular flexibility index (Phi) is 4.38. The zero-order valence-corrected chi connectivity index (χ0v) is 13.5. The summed E-state index contributed by atoms with van der Waals surface area (Å²) in [5.74, 6) is -1.57. The first-order chi connectivity index (χ1) is 11.4. The molecule has 0 saturated heterocycles. The lowest BCUT2D eigenvalue weighted by molar-refractivity contribution is -0.129. The second kappa shape index (κ2) is 6.47. The normalized spacial score (nSPS) is 15.3. The van der Waals surface area contributed by atoms with Gasteiger partial charge in [-0.05, 0) is 42.0 Å². The van der Waals surface area contributed by atoms with Crippen LogP contribution in [0.25, 0.3) is 6.08 Å². The molecule has 120 valence electrons. The highest BCUT2D eigenvalue weighted by Crippen LogP contribution is 2.25. The predicted molar refractivity (Wildman–Crippen MR) is 90.5 cm³/mol. The average molecular weight is 362 g/mol. The van der Waals surface area contributed by atoms with E-state index in [9.17, 15) is 9.59 Å². The van der Waals surface area contributed by atoms with Gasteiger partial charge < -0.3 is 9.84 Å². The zero-order valence-electron chi connectivity index (χ0n) is 12.0. The minimum absolute atomic E-state index is 0.0682. The number of ether oxygens (including phenoxy) is 1. The number of nitrogens with zero attached hydrogens (tertiary/aromatic N) is 1. The van der Waals surface area contributed by atoms with Gasteiger partial charge in [-0.2, -0.15) is 0 Å². The van der Waals surface area contributed by atoms with Gasteiger partial charge in [-0.25, -0.2) is 14.6 Å². The highest BCUT2D eigenvalue weighted by Gasteiger charge is 2.24. The number of carbonyl (C=O) groups is 2. The molecule has 2 aromatic carbocycles. The van der Waals surface area contributed by atoms with Crippen LogP contribution in [0, 0.1) is 0 Å². The van der Waals surface area contributed by atoms with E-state index in [1.165, 1.54) is 18.2 Å². The van der Waals surface area contributed by atoms with Crippen LogP contribution in [-0.4, -0.2) is 22.9 Å². The maximum atomic E-state index is 12.0. The SMILES string of the molecule is O=C1OC(c2ccc(Cl)c(Cl)c2)=N/C1=C/c1cccc(C(=O)O)c1. The Balaban J connectivity index is 1.95. The molecule has 0 spiro atoms. The summed E-state index contributed by atoms with van der Waals surface area (Å²) in [4.78, 5) is 27.1. The molecule has 0 atom stereocenters. The summed E-state index contributed by atoms with van der Waals surface area (Å²) in [6, 6.07) is 10.9. The number of carboxylic acids is 1. The van der Waals surface area contributed by atoms with E-state index in [1.54, 1.807) is 30.3 Å². The maximum Gasteiger partial charge on any atom is 0.363 e. The third-order valence-electron chi connectivity index (χ3n) is 3.22. The number of hydrogen-bond acceptors (Lipinski definition) is 4. The molecular weight excluding hydrogens is 353 g/mol. The topological polar surface area (TPSA) is 76.0 Å². The number of benzene rings is 2. The van der Waals surface area contributed by atoms with Crippen molar-refractivity contribution in [2.45, 2.75) is 0 Å². The molecule has 0 amide bonds. The summed E-state index contributed by atoms with van der Waals surface area (Å²) in [5, 5.41) is 9.70. The van der Waals surface area contributed by atoms with Gasteiger partial charge in [-0.15, -0.1) is 0 Å². The lowest BCUT2D eigenvalue weighted by Gasteiger charge is -2.01. The Morgan fingerprint density at radius 2 is 1.92 bits per heavy atom. The van der Waals surface area contributed by atoms with Crippen molar-refractivity contribution in [3.05, 3.63) is 74.9 Å². The minimum atomic E-state index is -1.05. The Morgan fingerprint density at radius 3 is 2.62 bits per heavy atom. The molecule has 0 aliphatic carbocycles. The van der Waals surface area contributed by atoms with E-state index in [-0.39, 0.29) is 17.2 Å². The molecule has 5 nitrogen and oxygen atoms in total. The quantitative estimate of drug-likeness (QED) is 0.661. The summed E-state index contributed by atoms with van der Waals surface area (Å²) >= 11 is 11.8. The molecule has 0 aromatic heterocycles. The maximum absolute atomic E-state index is 12.0. The lowest BCUT2D eigenvalue weighted by Crippen LogP contribution is -2.05. The molecule has 0 radical (unpaired) electrons. The monoisotopic (exact) mass is 361 g/mol. The molecule has 3 rings (SSSR count). The molecule has 24 heavy (non-hydrogen) atoms. The molecule has 7 heteroatoms. The summed E-state index contributed by atoms with van der Waals surface area (Å²) in [6.45, 7) is 0. The van der Waals surface area contributed by atoms with Crippen molar-refractivity contribution in [3.8, 4) is 0 Å². The number of esters is 1. The van der Waals surface area contributed by atoms with Crippen molar-refractivity contribution in [1.82, 2.24) is 0 Å². The van der Waals surface area contributed by atoms with Gasteiger partial charge in [0.1, 0.15) is 0 Å². The number of carbonyl (C=O) groups excluding carboxylic acids is 1. The Labute approximate surface area is 146 Å². The van der Waals surface area contributed by atoms with Crippen LogP contribution in [0.3, 0.4) is 0 Å². The highest BCUT2D eigenvalue weighted by atomic mass is 35.5. The number of aliphatic imine (C=N–C) groups is 1. The van der Waals surface area contributed by atoms with Crippen molar-refractivity contribution < 1.29 is 19.4 Å². The number of rotatable bonds is 3. The third-order valence-corrected chi connectivity index (χ3v) is 3.96. The van der Waals surface area contributed by atoms with Gasteiger partial charge in [0.05, 0.1) is 15.6 Å². The summed E-state index contributed by atoms with van der Waals surface area (Å²) in [5.41, 5.74) is 1.23. The van der Waals surface area contributed by atoms with E-state index < -0.39 is 11.9 Å². The molecule has 0 unspecified atom stereocenters. The van der Waals surface area contributed by atoms with Crippen LogP contribution in [0.4, 0.5) is 0 Å². The Morgan fingerprint density at radius 1 is 1.12 bits per heavy atom. The molecule has 0 saturated carbocycles. The molecule has 0 bridgehead atoms. The van der Waals surface area contributed by atoms with Gasteiger partial charge in [0.25, 0.3) is 0 Å².